The van der Waals surface area contributed by atoms with Crippen molar-refractivity contribution in [2.24, 2.45) is 5.14 Å². The third-order valence-corrected chi connectivity index (χ3v) is 6.33. The molecule has 0 aliphatic rings. The molecule has 1 amide bonds. The van der Waals surface area contributed by atoms with Crippen molar-refractivity contribution in [3.8, 4) is 16.8 Å². The zero-order chi connectivity index (χ0) is 24.6. The van der Waals surface area contributed by atoms with Crippen molar-refractivity contribution in [2.75, 3.05) is 5.32 Å². The molecule has 1 aromatic heterocycles. The smallest absolute Gasteiger partial charge is 0.295 e. The molecule has 5 aromatic rings. The van der Waals surface area contributed by atoms with Crippen molar-refractivity contribution in [3.05, 3.63) is 96.6 Å². The molecule has 11 heteroatoms. The molecular formula is C24H17FN6O3S. The van der Waals surface area contributed by atoms with Gasteiger partial charge in [-0.1, -0.05) is 54.6 Å². The fourth-order valence-corrected chi connectivity index (χ4v) is 4.49. The van der Waals surface area contributed by atoms with Crippen LogP contribution in [0.2, 0.25) is 0 Å². The van der Waals surface area contributed by atoms with E-state index in [1.54, 1.807) is 60.7 Å². The van der Waals surface area contributed by atoms with Crippen molar-refractivity contribution in [1.29, 1.82) is 0 Å². The number of fused-ring (bicyclic) bond motifs is 1. The zero-order valence-electron chi connectivity index (χ0n) is 18.0. The summed E-state index contributed by atoms with van der Waals surface area (Å²) in [6.45, 7) is 0. The fourth-order valence-electron chi connectivity index (χ4n) is 3.73. The maximum Gasteiger partial charge on any atom is 0.295 e. The molecule has 0 saturated carbocycles. The minimum Gasteiger partial charge on any atom is -0.319 e. The fraction of sp³-hybridized carbons (Fsp3) is 0. The van der Waals surface area contributed by atoms with Crippen LogP contribution in [0, 0.1) is 5.82 Å². The lowest BCUT2D eigenvalue weighted by Gasteiger charge is -2.10. The van der Waals surface area contributed by atoms with Gasteiger partial charge in [0.15, 0.2) is 0 Å². The van der Waals surface area contributed by atoms with E-state index < -0.39 is 21.7 Å². The summed E-state index contributed by atoms with van der Waals surface area (Å²) < 4.78 is 39.6. The molecule has 4 aromatic carbocycles. The summed E-state index contributed by atoms with van der Waals surface area (Å²) in [4.78, 5) is 12.9. The van der Waals surface area contributed by atoms with Crippen molar-refractivity contribution in [1.82, 2.24) is 20.2 Å². The second-order valence-electron chi connectivity index (χ2n) is 7.64. The molecular weight excluding hydrogens is 471 g/mol. The van der Waals surface area contributed by atoms with Crippen LogP contribution in [-0.2, 0) is 10.0 Å². The van der Waals surface area contributed by atoms with Crippen LogP contribution in [0.15, 0.2) is 89.8 Å². The standard InChI is InChI=1S/C24H17FN6O3S/c25-20-13-16-5-1-2-6-17(16)14-21(20)31-23(28-29-30-31)24(32)27-18-11-9-15(10-12-18)19-7-3-4-8-22(19)35(26,33)34/h1-14H,(H,27,32)(H2,26,33,34). The van der Waals surface area contributed by atoms with Gasteiger partial charge in [0.05, 0.1) is 4.90 Å². The second-order valence-corrected chi connectivity index (χ2v) is 9.17. The Balaban J connectivity index is 1.42. The van der Waals surface area contributed by atoms with Gasteiger partial charge in [0, 0.05) is 11.3 Å². The van der Waals surface area contributed by atoms with E-state index in [1.165, 1.54) is 12.1 Å². The van der Waals surface area contributed by atoms with Crippen molar-refractivity contribution in [3.63, 3.8) is 0 Å². The van der Waals surface area contributed by atoms with Gasteiger partial charge in [0.1, 0.15) is 11.5 Å². The minimum atomic E-state index is -3.91. The summed E-state index contributed by atoms with van der Waals surface area (Å²) >= 11 is 0. The number of rotatable bonds is 5. The Morgan fingerprint density at radius 2 is 1.57 bits per heavy atom. The van der Waals surface area contributed by atoms with Crippen LogP contribution in [0.5, 0.6) is 0 Å². The summed E-state index contributed by atoms with van der Waals surface area (Å²) in [6.07, 6.45) is 0. The van der Waals surface area contributed by atoms with E-state index in [-0.39, 0.29) is 16.4 Å². The monoisotopic (exact) mass is 488 g/mol. The Morgan fingerprint density at radius 1 is 0.914 bits per heavy atom. The van der Waals surface area contributed by atoms with E-state index in [4.69, 9.17) is 5.14 Å². The van der Waals surface area contributed by atoms with E-state index in [9.17, 15) is 17.6 Å². The average molecular weight is 489 g/mol. The highest BCUT2D eigenvalue weighted by molar-refractivity contribution is 7.89. The Kier molecular flexibility index (Phi) is 5.55. The van der Waals surface area contributed by atoms with Crippen LogP contribution in [0.3, 0.4) is 0 Å². The number of carbonyl (C=O) groups excluding carboxylic acids is 1. The van der Waals surface area contributed by atoms with Crippen LogP contribution in [-0.4, -0.2) is 34.5 Å². The molecule has 0 unspecified atom stereocenters. The number of aromatic nitrogens is 4. The number of carbonyl (C=O) groups is 1. The average Bonchev–Trinajstić information content (AvgIpc) is 3.33. The van der Waals surface area contributed by atoms with E-state index >= 15 is 0 Å². The lowest BCUT2D eigenvalue weighted by molar-refractivity contribution is 0.101. The van der Waals surface area contributed by atoms with Gasteiger partial charge in [0.2, 0.25) is 15.8 Å². The van der Waals surface area contributed by atoms with Gasteiger partial charge in [-0.05, 0) is 57.1 Å². The number of amides is 1. The number of sulfonamides is 1. The summed E-state index contributed by atoms with van der Waals surface area (Å²) in [6, 6.07) is 23.0. The van der Waals surface area contributed by atoms with Gasteiger partial charge in [0.25, 0.3) is 5.91 Å². The highest BCUT2D eigenvalue weighted by Crippen LogP contribution is 2.28. The first-order chi connectivity index (χ1) is 16.8. The molecule has 0 atom stereocenters. The first kappa shape index (κ1) is 22.3. The molecule has 0 saturated heterocycles. The highest BCUT2D eigenvalue weighted by atomic mass is 32.2. The molecule has 3 N–H and O–H groups in total. The molecule has 1 heterocycles. The van der Waals surface area contributed by atoms with Gasteiger partial charge >= 0.3 is 0 Å². The predicted molar refractivity (Wildman–Crippen MR) is 128 cm³/mol. The number of halogens is 1. The first-order valence-electron chi connectivity index (χ1n) is 10.3. The normalized spacial score (nSPS) is 11.5. The van der Waals surface area contributed by atoms with E-state index in [0.29, 0.717) is 22.2 Å². The molecule has 0 fully saturated rings. The molecule has 0 aliphatic carbocycles. The number of nitrogens with zero attached hydrogens (tertiary/aromatic N) is 4. The molecule has 0 bridgehead atoms. The van der Waals surface area contributed by atoms with Gasteiger partial charge in [-0.15, -0.1) is 5.10 Å². The lowest BCUT2D eigenvalue weighted by Crippen LogP contribution is -2.18. The minimum absolute atomic E-state index is 0.00614. The van der Waals surface area contributed by atoms with E-state index in [0.717, 1.165) is 10.1 Å². The number of hydrogen-bond acceptors (Lipinski definition) is 6. The summed E-state index contributed by atoms with van der Waals surface area (Å²) in [7, 11) is -3.91. The molecule has 0 radical (unpaired) electrons. The Morgan fingerprint density at radius 3 is 2.29 bits per heavy atom. The summed E-state index contributed by atoms with van der Waals surface area (Å²) in [5, 5.41) is 20.5. The summed E-state index contributed by atoms with van der Waals surface area (Å²) in [5.41, 5.74) is 1.47. The van der Waals surface area contributed by atoms with E-state index in [2.05, 4.69) is 20.8 Å². The number of nitrogens with two attached hydrogens (primary N) is 1. The van der Waals surface area contributed by atoms with Crippen molar-refractivity contribution in [2.45, 2.75) is 4.90 Å². The lowest BCUT2D eigenvalue weighted by atomic mass is 10.1. The number of anilines is 1. The van der Waals surface area contributed by atoms with Crippen molar-refractivity contribution >= 4 is 32.4 Å². The van der Waals surface area contributed by atoms with Crippen LogP contribution in [0.4, 0.5) is 10.1 Å². The zero-order valence-corrected chi connectivity index (χ0v) is 18.8. The van der Waals surface area contributed by atoms with Crippen LogP contribution < -0.4 is 10.5 Å². The van der Waals surface area contributed by atoms with Crippen LogP contribution >= 0.6 is 0 Å². The predicted octanol–water partition coefficient (Wildman–Crippen LogP) is 3.52. The first-order valence-corrected chi connectivity index (χ1v) is 11.9. The van der Waals surface area contributed by atoms with Crippen LogP contribution in [0.1, 0.15) is 10.6 Å². The van der Waals surface area contributed by atoms with Crippen LogP contribution in [0.25, 0.3) is 27.6 Å². The quantitative estimate of drug-likeness (QED) is 0.389. The number of hydrogen-bond donors (Lipinski definition) is 2. The van der Waals surface area contributed by atoms with Gasteiger partial charge in [-0.2, -0.15) is 4.68 Å². The Labute approximate surface area is 199 Å². The number of nitrogens with one attached hydrogen (secondary N) is 1. The molecule has 0 spiro atoms. The van der Waals surface area contributed by atoms with Gasteiger partial charge < -0.3 is 5.32 Å². The van der Waals surface area contributed by atoms with Gasteiger partial charge in [-0.25, -0.2) is 17.9 Å². The molecule has 5 rings (SSSR count). The van der Waals surface area contributed by atoms with Gasteiger partial charge in [-0.3, -0.25) is 4.79 Å². The highest BCUT2D eigenvalue weighted by Gasteiger charge is 2.20. The number of primary sulfonamides is 1. The Bertz CT molecular complexity index is 1680. The SMILES string of the molecule is NS(=O)(=O)c1ccccc1-c1ccc(NC(=O)c2nnnn2-c2cc3ccccc3cc2F)cc1. The molecule has 35 heavy (non-hydrogen) atoms. The summed E-state index contributed by atoms with van der Waals surface area (Å²) in [5.74, 6) is -1.44. The third kappa shape index (κ3) is 4.37. The number of benzene rings is 4. The topological polar surface area (TPSA) is 133 Å². The molecule has 9 nitrogen and oxygen atoms in total. The third-order valence-electron chi connectivity index (χ3n) is 5.36. The van der Waals surface area contributed by atoms with Crippen molar-refractivity contribution < 1.29 is 17.6 Å². The molecule has 174 valence electrons. The Hall–Kier alpha value is -4.48. The second kappa shape index (κ2) is 8.70. The molecule has 0 aliphatic heterocycles. The van der Waals surface area contributed by atoms with E-state index in [1.807, 2.05) is 12.1 Å². The maximum atomic E-state index is 14.8. The number of tetrazole rings is 1. The largest absolute Gasteiger partial charge is 0.319 e. The maximum absolute atomic E-state index is 14.8.